The highest BCUT2D eigenvalue weighted by atomic mass is 35.5. The minimum absolute atomic E-state index is 0.0438. The maximum absolute atomic E-state index is 11.8. The summed E-state index contributed by atoms with van der Waals surface area (Å²) in [6, 6.07) is 4.29. The molecule has 6 nitrogen and oxygen atoms in total. The molecule has 2 rings (SSSR count). The molecule has 0 radical (unpaired) electrons. The Balaban J connectivity index is 1.91. The van der Waals surface area contributed by atoms with Crippen LogP contribution in [0.5, 0.6) is 0 Å². The Morgan fingerprint density at radius 3 is 2.76 bits per heavy atom. The second-order valence-corrected chi connectivity index (χ2v) is 5.24. The van der Waals surface area contributed by atoms with Gasteiger partial charge in [0.05, 0.1) is 17.4 Å². The van der Waals surface area contributed by atoms with E-state index in [9.17, 15) is 9.59 Å². The molecular weight excluding hydrogens is 296 g/mol. The van der Waals surface area contributed by atoms with Crippen LogP contribution in [0.2, 0.25) is 5.02 Å². The van der Waals surface area contributed by atoms with Crippen molar-refractivity contribution in [1.29, 1.82) is 0 Å². The maximum Gasteiger partial charge on any atom is 0.337 e. The minimum Gasteiger partial charge on any atom is -0.478 e. The number of benzene rings is 1. The van der Waals surface area contributed by atoms with Gasteiger partial charge in [0.15, 0.2) is 0 Å². The van der Waals surface area contributed by atoms with Crippen molar-refractivity contribution in [2.75, 3.05) is 25.0 Å². The van der Waals surface area contributed by atoms with Crippen molar-refractivity contribution in [3.05, 3.63) is 28.8 Å². The summed E-state index contributed by atoms with van der Waals surface area (Å²) >= 11 is 5.75. The van der Waals surface area contributed by atoms with Crippen molar-refractivity contribution in [3.63, 3.8) is 0 Å². The van der Waals surface area contributed by atoms with E-state index < -0.39 is 5.97 Å². The molecule has 0 atom stereocenters. The standard InChI is InChI=1S/C14H17ClN2O4/c15-9-1-2-12(11(7-9)14(19)20)17-13(18)8-21-10-3-5-16-6-4-10/h1-2,7,10,16H,3-6,8H2,(H,17,18)(H,19,20). The van der Waals surface area contributed by atoms with Crippen LogP contribution < -0.4 is 10.6 Å². The summed E-state index contributed by atoms with van der Waals surface area (Å²) in [4.78, 5) is 22.9. The molecule has 1 saturated heterocycles. The van der Waals surface area contributed by atoms with Crippen LogP contribution in [-0.4, -0.2) is 42.8 Å². The molecular formula is C14H17ClN2O4. The number of nitrogens with one attached hydrogen (secondary N) is 2. The molecule has 3 N–H and O–H groups in total. The van der Waals surface area contributed by atoms with E-state index in [4.69, 9.17) is 21.4 Å². The first-order valence-corrected chi connectivity index (χ1v) is 7.09. The zero-order valence-electron chi connectivity index (χ0n) is 11.4. The SMILES string of the molecule is O=C(COC1CCNCC1)Nc1ccc(Cl)cc1C(=O)O. The Hall–Kier alpha value is -1.63. The van der Waals surface area contributed by atoms with E-state index in [0.717, 1.165) is 25.9 Å². The van der Waals surface area contributed by atoms with Gasteiger partial charge in [0.25, 0.3) is 0 Å². The van der Waals surface area contributed by atoms with Crippen LogP contribution in [0, 0.1) is 0 Å². The Kier molecular flexibility index (Phi) is 5.55. The van der Waals surface area contributed by atoms with E-state index in [1.807, 2.05) is 0 Å². The summed E-state index contributed by atoms with van der Waals surface area (Å²) in [6.07, 6.45) is 1.81. The van der Waals surface area contributed by atoms with Gasteiger partial charge in [-0.1, -0.05) is 11.6 Å². The molecule has 1 amide bonds. The van der Waals surface area contributed by atoms with Crippen LogP contribution in [0.1, 0.15) is 23.2 Å². The van der Waals surface area contributed by atoms with Crippen molar-refractivity contribution in [3.8, 4) is 0 Å². The van der Waals surface area contributed by atoms with Gasteiger partial charge in [0.2, 0.25) is 5.91 Å². The van der Waals surface area contributed by atoms with Gasteiger partial charge in [0, 0.05) is 5.02 Å². The van der Waals surface area contributed by atoms with Gasteiger partial charge >= 0.3 is 5.97 Å². The number of hydrogen-bond acceptors (Lipinski definition) is 4. The van der Waals surface area contributed by atoms with E-state index in [1.54, 1.807) is 0 Å². The third-order valence-electron chi connectivity index (χ3n) is 3.22. The lowest BCUT2D eigenvalue weighted by Gasteiger charge is -2.22. The average Bonchev–Trinajstić information content (AvgIpc) is 2.48. The third kappa shape index (κ3) is 4.70. The second kappa shape index (κ2) is 7.40. The number of carbonyl (C=O) groups excluding carboxylic acids is 1. The summed E-state index contributed by atoms with van der Waals surface area (Å²) in [5.74, 6) is -1.52. The first kappa shape index (κ1) is 15.8. The number of anilines is 1. The van der Waals surface area contributed by atoms with E-state index >= 15 is 0 Å². The van der Waals surface area contributed by atoms with Crippen molar-refractivity contribution in [2.45, 2.75) is 18.9 Å². The van der Waals surface area contributed by atoms with E-state index in [2.05, 4.69) is 10.6 Å². The minimum atomic E-state index is -1.15. The molecule has 114 valence electrons. The normalized spacial score (nSPS) is 15.7. The first-order chi connectivity index (χ1) is 10.1. The van der Waals surface area contributed by atoms with Crippen LogP contribution in [0.25, 0.3) is 0 Å². The number of rotatable bonds is 5. The predicted molar refractivity (Wildman–Crippen MR) is 78.9 cm³/mol. The fourth-order valence-corrected chi connectivity index (χ4v) is 2.32. The number of carbonyl (C=O) groups is 2. The fourth-order valence-electron chi connectivity index (χ4n) is 2.14. The molecule has 1 aliphatic heterocycles. The average molecular weight is 313 g/mol. The van der Waals surface area contributed by atoms with E-state index in [-0.39, 0.29) is 29.9 Å². The van der Waals surface area contributed by atoms with E-state index in [0.29, 0.717) is 5.02 Å². The lowest BCUT2D eigenvalue weighted by Crippen LogP contribution is -2.34. The van der Waals surface area contributed by atoms with Gasteiger partial charge in [-0.15, -0.1) is 0 Å². The van der Waals surface area contributed by atoms with Crippen LogP contribution >= 0.6 is 11.6 Å². The summed E-state index contributed by atoms with van der Waals surface area (Å²) in [6.45, 7) is 1.67. The Bertz CT molecular complexity index is 530. The Morgan fingerprint density at radius 1 is 1.38 bits per heavy atom. The van der Waals surface area contributed by atoms with E-state index in [1.165, 1.54) is 18.2 Å². The lowest BCUT2D eigenvalue weighted by atomic mass is 10.1. The highest BCUT2D eigenvalue weighted by Crippen LogP contribution is 2.20. The number of piperidine rings is 1. The van der Waals surface area contributed by atoms with Gasteiger partial charge in [0.1, 0.15) is 6.61 Å². The van der Waals surface area contributed by atoms with Gasteiger partial charge in [-0.2, -0.15) is 0 Å². The molecule has 1 fully saturated rings. The lowest BCUT2D eigenvalue weighted by molar-refractivity contribution is -0.123. The molecule has 0 bridgehead atoms. The summed E-state index contributed by atoms with van der Waals surface area (Å²) in [5, 5.41) is 15.1. The molecule has 1 heterocycles. The summed E-state index contributed by atoms with van der Waals surface area (Å²) in [5.41, 5.74) is 0.170. The van der Waals surface area contributed by atoms with Crippen LogP contribution in [0.3, 0.4) is 0 Å². The highest BCUT2D eigenvalue weighted by Gasteiger charge is 2.16. The fraction of sp³-hybridized carbons (Fsp3) is 0.429. The predicted octanol–water partition coefficient (Wildman–Crippen LogP) is 1.75. The molecule has 0 aliphatic carbocycles. The number of carboxylic acid groups (broad SMARTS) is 1. The van der Waals surface area contributed by atoms with Gasteiger partial charge in [-0.3, -0.25) is 4.79 Å². The summed E-state index contributed by atoms with van der Waals surface area (Å²) in [7, 11) is 0. The first-order valence-electron chi connectivity index (χ1n) is 6.71. The van der Waals surface area contributed by atoms with Gasteiger partial charge in [-0.05, 0) is 44.1 Å². The number of aromatic carboxylic acids is 1. The zero-order chi connectivity index (χ0) is 15.2. The van der Waals surface area contributed by atoms with Crippen LogP contribution in [0.4, 0.5) is 5.69 Å². The molecule has 1 aromatic rings. The zero-order valence-corrected chi connectivity index (χ0v) is 12.2. The second-order valence-electron chi connectivity index (χ2n) is 4.80. The molecule has 0 unspecified atom stereocenters. The molecule has 7 heteroatoms. The Labute approximate surface area is 127 Å². The number of carboxylic acids is 1. The quantitative estimate of drug-likeness (QED) is 0.771. The highest BCUT2D eigenvalue weighted by molar-refractivity contribution is 6.31. The third-order valence-corrected chi connectivity index (χ3v) is 3.46. The topological polar surface area (TPSA) is 87.7 Å². The van der Waals surface area contributed by atoms with Crippen molar-refractivity contribution in [1.82, 2.24) is 5.32 Å². The van der Waals surface area contributed by atoms with Crippen molar-refractivity contribution in [2.24, 2.45) is 0 Å². The number of ether oxygens (including phenoxy) is 1. The number of hydrogen-bond donors (Lipinski definition) is 3. The maximum atomic E-state index is 11.8. The van der Waals surface area contributed by atoms with Crippen molar-refractivity contribution < 1.29 is 19.4 Å². The molecule has 1 aromatic carbocycles. The van der Waals surface area contributed by atoms with Gasteiger partial charge < -0.3 is 20.5 Å². The Morgan fingerprint density at radius 2 is 2.10 bits per heavy atom. The monoisotopic (exact) mass is 312 g/mol. The largest absolute Gasteiger partial charge is 0.478 e. The number of amides is 1. The van der Waals surface area contributed by atoms with Crippen molar-refractivity contribution >= 4 is 29.2 Å². The van der Waals surface area contributed by atoms with Crippen LogP contribution in [0.15, 0.2) is 18.2 Å². The smallest absolute Gasteiger partial charge is 0.337 e. The number of halogens is 1. The van der Waals surface area contributed by atoms with Crippen LogP contribution in [-0.2, 0) is 9.53 Å². The molecule has 1 aliphatic rings. The van der Waals surface area contributed by atoms with Gasteiger partial charge in [-0.25, -0.2) is 4.79 Å². The molecule has 0 spiro atoms. The summed E-state index contributed by atoms with van der Waals surface area (Å²) < 4.78 is 5.52. The molecule has 0 aromatic heterocycles. The molecule has 0 saturated carbocycles. The molecule has 21 heavy (non-hydrogen) atoms.